The molecule has 0 aromatic carbocycles. The van der Waals surface area contributed by atoms with Gasteiger partial charge in [0.05, 0.1) is 12.5 Å². The van der Waals surface area contributed by atoms with E-state index in [1.807, 2.05) is 0 Å². The zero-order valence-corrected chi connectivity index (χ0v) is 18.1. The number of thiol groups is 1. The molecule has 0 saturated carbocycles. The minimum Gasteiger partial charge on any atom is -0.481 e. The summed E-state index contributed by atoms with van der Waals surface area (Å²) in [6.45, 7) is 0. The molecule has 0 fully saturated rings. The molecule has 4 atom stereocenters. The number of nitrogens with two attached hydrogens (primary N) is 1. The van der Waals surface area contributed by atoms with Gasteiger partial charge in [-0.05, 0) is 12.8 Å². The Hall–Kier alpha value is -3.40. The number of carboxylic acid groups (broad SMARTS) is 4. The van der Waals surface area contributed by atoms with E-state index in [1.165, 1.54) is 0 Å². The van der Waals surface area contributed by atoms with Gasteiger partial charge in [-0.2, -0.15) is 12.6 Å². The third-order valence-corrected chi connectivity index (χ3v) is 4.45. The lowest BCUT2D eigenvalue weighted by Crippen LogP contribution is -2.57. The van der Waals surface area contributed by atoms with Crippen molar-refractivity contribution >= 4 is 54.2 Å². The smallest absolute Gasteiger partial charge is 0.327 e. The molecule has 15 nitrogen and oxygen atoms in total. The molecule has 0 bridgehead atoms. The van der Waals surface area contributed by atoms with Crippen LogP contribution in [0, 0.1) is 0 Å². The summed E-state index contributed by atoms with van der Waals surface area (Å²) in [5.41, 5.74) is 5.42. The summed E-state index contributed by atoms with van der Waals surface area (Å²) in [4.78, 5) is 80.7. The summed E-state index contributed by atoms with van der Waals surface area (Å²) in [5, 5.41) is 41.8. The van der Waals surface area contributed by atoms with Crippen molar-refractivity contribution in [1.82, 2.24) is 16.0 Å². The summed E-state index contributed by atoms with van der Waals surface area (Å²) >= 11 is 3.78. The van der Waals surface area contributed by atoms with Crippen molar-refractivity contribution in [1.29, 1.82) is 0 Å². The van der Waals surface area contributed by atoms with E-state index in [0.29, 0.717) is 0 Å². The van der Waals surface area contributed by atoms with Crippen LogP contribution in [0.25, 0.3) is 0 Å². The first kappa shape index (κ1) is 29.6. The summed E-state index contributed by atoms with van der Waals surface area (Å²) in [6, 6.07) is -6.11. The molecule has 33 heavy (non-hydrogen) atoms. The van der Waals surface area contributed by atoms with Crippen LogP contribution in [-0.4, -0.2) is 91.9 Å². The number of rotatable bonds is 16. The Bertz CT molecular complexity index is 776. The van der Waals surface area contributed by atoms with Crippen LogP contribution in [0.15, 0.2) is 0 Å². The number of carbonyl (C=O) groups excluding carboxylic acids is 3. The van der Waals surface area contributed by atoms with E-state index < -0.39 is 97.9 Å². The van der Waals surface area contributed by atoms with Crippen LogP contribution in [-0.2, 0) is 33.6 Å². The molecule has 0 aliphatic heterocycles. The standard InChI is InChI=1S/C17H26N4O11S/c18-7(5-13(26)27)14(28)19-8(1-3-11(22)23)15(29)20-9(2-4-12(24)25)16(30)21-10(6-33)17(31)32/h7-10,33H,1-6,18H2,(H,19,28)(H,20,29)(H,21,30)(H,22,23)(H,24,25)(H,26,27)(H,31,32). The molecule has 16 heteroatoms. The van der Waals surface area contributed by atoms with Crippen LogP contribution in [0.3, 0.4) is 0 Å². The Morgan fingerprint density at radius 3 is 1.39 bits per heavy atom. The molecule has 0 heterocycles. The first-order chi connectivity index (χ1) is 15.3. The molecule has 186 valence electrons. The second-order valence-electron chi connectivity index (χ2n) is 6.77. The summed E-state index contributed by atoms with van der Waals surface area (Å²) < 4.78 is 0. The molecule has 3 amide bonds. The van der Waals surface area contributed by atoms with Crippen LogP contribution < -0.4 is 21.7 Å². The van der Waals surface area contributed by atoms with Gasteiger partial charge in [-0.3, -0.25) is 28.8 Å². The molecule has 4 unspecified atom stereocenters. The van der Waals surface area contributed by atoms with Gasteiger partial charge in [-0.25, -0.2) is 4.79 Å². The number of amides is 3. The van der Waals surface area contributed by atoms with Gasteiger partial charge in [0.1, 0.15) is 18.1 Å². The fourth-order valence-electron chi connectivity index (χ4n) is 2.36. The van der Waals surface area contributed by atoms with Gasteiger partial charge in [0, 0.05) is 18.6 Å². The molecule has 0 radical (unpaired) electrons. The first-order valence-corrected chi connectivity index (χ1v) is 10.1. The topological polar surface area (TPSA) is 263 Å². The van der Waals surface area contributed by atoms with Crippen LogP contribution in [0.5, 0.6) is 0 Å². The molecular weight excluding hydrogens is 468 g/mol. The Labute approximate surface area is 192 Å². The number of carboxylic acids is 4. The van der Waals surface area contributed by atoms with E-state index in [-0.39, 0.29) is 5.75 Å². The van der Waals surface area contributed by atoms with Crippen molar-refractivity contribution in [2.24, 2.45) is 5.73 Å². The highest BCUT2D eigenvalue weighted by atomic mass is 32.1. The van der Waals surface area contributed by atoms with E-state index in [1.54, 1.807) is 0 Å². The maximum atomic E-state index is 12.7. The summed E-state index contributed by atoms with van der Waals surface area (Å²) in [7, 11) is 0. The SMILES string of the molecule is NC(CC(=O)O)C(=O)NC(CCC(=O)O)C(=O)NC(CCC(=O)O)C(=O)NC(CS)C(=O)O. The quantitative estimate of drug-likeness (QED) is 0.0971. The fourth-order valence-corrected chi connectivity index (χ4v) is 2.61. The molecule has 0 aliphatic carbocycles. The zero-order chi connectivity index (χ0) is 25.7. The zero-order valence-electron chi connectivity index (χ0n) is 17.2. The number of hydrogen-bond donors (Lipinski definition) is 9. The van der Waals surface area contributed by atoms with Gasteiger partial charge in [0.15, 0.2) is 0 Å². The average molecular weight is 494 g/mol. The van der Waals surface area contributed by atoms with E-state index in [9.17, 15) is 33.6 Å². The predicted octanol–water partition coefficient (Wildman–Crippen LogP) is -3.01. The predicted molar refractivity (Wildman–Crippen MR) is 111 cm³/mol. The second-order valence-corrected chi connectivity index (χ2v) is 7.14. The van der Waals surface area contributed by atoms with Gasteiger partial charge in [0.2, 0.25) is 17.7 Å². The van der Waals surface area contributed by atoms with Crippen molar-refractivity contribution in [2.75, 3.05) is 5.75 Å². The third-order valence-electron chi connectivity index (χ3n) is 4.09. The van der Waals surface area contributed by atoms with Gasteiger partial charge in [-0.1, -0.05) is 0 Å². The molecule has 0 spiro atoms. The average Bonchev–Trinajstić information content (AvgIpc) is 2.70. The lowest BCUT2D eigenvalue weighted by Gasteiger charge is -2.24. The molecule has 0 aliphatic rings. The molecule has 0 saturated heterocycles. The van der Waals surface area contributed by atoms with Crippen molar-refractivity contribution in [3.05, 3.63) is 0 Å². The highest BCUT2D eigenvalue weighted by molar-refractivity contribution is 7.80. The van der Waals surface area contributed by atoms with Gasteiger partial charge in [0.25, 0.3) is 0 Å². The Morgan fingerprint density at radius 1 is 0.667 bits per heavy atom. The number of carbonyl (C=O) groups is 7. The largest absolute Gasteiger partial charge is 0.481 e. The minimum absolute atomic E-state index is 0.306. The van der Waals surface area contributed by atoms with Crippen molar-refractivity contribution in [3.63, 3.8) is 0 Å². The highest BCUT2D eigenvalue weighted by Crippen LogP contribution is 2.05. The lowest BCUT2D eigenvalue weighted by molar-refractivity contribution is -0.142. The number of nitrogens with one attached hydrogen (secondary N) is 3. The fraction of sp³-hybridized carbons (Fsp3) is 0.588. The summed E-state index contributed by atoms with van der Waals surface area (Å²) in [5.74, 6) is -8.98. The lowest BCUT2D eigenvalue weighted by atomic mass is 10.1. The van der Waals surface area contributed by atoms with Crippen LogP contribution in [0.1, 0.15) is 32.1 Å². The second kappa shape index (κ2) is 14.6. The normalized spacial score (nSPS) is 14.1. The van der Waals surface area contributed by atoms with Gasteiger partial charge < -0.3 is 42.1 Å². The number of aliphatic carboxylic acids is 4. The number of hydrogen-bond acceptors (Lipinski definition) is 9. The third kappa shape index (κ3) is 12.3. The van der Waals surface area contributed by atoms with Crippen LogP contribution in [0.4, 0.5) is 0 Å². The molecule has 0 rings (SSSR count). The highest BCUT2D eigenvalue weighted by Gasteiger charge is 2.31. The van der Waals surface area contributed by atoms with E-state index in [4.69, 9.17) is 26.2 Å². The Kier molecular flexibility index (Phi) is 13.1. The Morgan fingerprint density at radius 2 is 1.06 bits per heavy atom. The van der Waals surface area contributed by atoms with E-state index >= 15 is 0 Å². The van der Waals surface area contributed by atoms with Crippen molar-refractivity contribution in [2.45, 2.75) is 56.3 Å². The van der Waals surface area contributed by atoms with Crippen LogP contribution >= 0.6 is 12.6 Å². The monoisotopic (exact) mass is 494 g/mol. The van der Waals surface area contributed by atoms with Gasteiger partial charge >= 0.3 is 23.9 Å². The van der Waals surface area contributed by atoms with Crippen LogP contribution in [0.2, 0.25) is 0 Å². The Balaban J connectivity index is 5.55. The van der Waals surface area contributed by atoms with E-state index in [2.05, 4.69) is 28.6 Å². The molecule has 0 aromatic heterocycles. The molecule has 0 aromatic rings. The maximum absolute atomic E-state index is 12.7. The van der Waals surface area contributed by atoms with Crippen molar-refractivity contribution < 1.29 is 54.0 Å². The molecular formula is C17H26N4O11S. The minimum atomic E-state index is -1.56. The first-order valence-electron chi connectivity index (χ1n) is 9.44. The maximum Gasteiger partial charge on any atom is 0.327 e. The summed E-state index contributed by atoms with van der Waals surface area (Å²) in [6.07, 6.45) is -2.88. The van der Waals surface area contributed by atoms with Crippen molar-refractivity contribution in [3.8, 4) is 0 Å². The molecule has 9 N–H and O–H groups in total. The van der Waals surface area contributed by atoms with Gasteiger partial charge in [-0.15, -0.1) is 0 Å². The van der Waals surface area contributed by atoms with E-state index in [0.717, 1.165) is 0 Å².